The molecule has 0 radical (unpaired) electrons. The molecule has 0 aliphatic heterocycles. The highest BCUT2D eigenvalue weighted by Crippen LogP contribution is 2.27. The van der Waals surface area contributed by atoms with E-state index in [2.05, 4.69) is 23.2 Å². The first-order valence-electron chi connectivity index (χ1n) is 6.63. The average Bonchev–Trinajstić information content (AvgIpc) is 2.36. The molecule has 0 heterocycles. The van der Waals surface area contributed by atoms with E-state index in [0.29, 0.717) is 13.1 Å². The van der Waals surface area contributed by atoms with Crippen molar-refractivity contribution < 1.29 is 4.79 Å². The van der Waals surface area contributed by atoms with E-state index in [1.807, 2.05) is 6.92 Å². The molecule has 1 N–H and O–H groups in total. The zero-order chi connectivity index (χ0) is 12.7. The fourth-order valence-electron chi connectivity index (χ4n) is 2.60. The third-order valence-electron chi connectivity index (χ3n) is 3.49. The van der Waals surface area contributed by atoms with Crippen LogP contribution >= 0.6 is 0 Å². The van der Waals surface area contributed by atoms with E-state index in [4.69, 9.17) is 5.26 Å². The summed E-state index contributed by atoms with van der Waals surface area (Å²) in [6, 6.07) is 2.67. The van der Waals surface area contributed by atoms with E-state index < -0.39 is 0 Å². The summed E-state index contributed by atoms with van der Waals surface area (Å²) in [6.45, 7) is 5.91. The molecule has 0 aromatic carbocycles. The van der Waals surface area contributed by atoms with Crippen molar-refractivity contribution in [3.63, 3.8) is 0 Å². The van der Waals surface area contributed by atoms with E-state index >= 15 is 0 Å². The highest BCUT2D eigenvalue weighted by molar-refractivity contribution is 5.77. The van der Waals surface area contributed by atoms with Crippen LogP contribution in [0.4, 0.5) is 0 Å². The van der Waals surface area contributed by atoms with Crippen LogP contribution in [0.25, 0.3) is 0 Å². The molecule has 0 aromatic rings. The lowest BCUT2D eigenvalue weighted by atomic mass is 9.84. The molecule has 1 aliphatic carbocycles. The van der Waals surface area contributed by atoms with Crippen LogP contribution in [-0.4, -0.2) is 36.5 Å². The lowest BCUT2D eigenvalue weighted by Gasteiger charge is -2.36. The first-order chi connectivity index (χ1) is 8.22. The fourth-order valence-corrected chi connectivity index (χ4v) is 2.60. The summed E-state index contributed by atoms with van der Waals surface area (Å²) >= 11 is 0. The van der Waals surface area contributed by atoms with Crippen LogP contribution in [0.3, 0.4) is 0 Å². The number of hydrogen-bond donors (Lipinski definition) is 1. The first-order valence-corrected chi connectivity index (χ1v) is 6.63. The summed E-state index contributed by atoms with van der Waals surface area (Å²) in [5.74, 6) is 0.162. The molecule has 1 saturated carbocycles. The van der Waals surface area contributed by atoms with E-state index in [1.54, 1.807) is 0 Å². The van der Waals surface area contributed by atoms with E-state index in [0.717, 1.165) is 25.8 Å². The number of nitrogens with zero attached hydrogens (tertiary/aromatic N) is 2. The van der Waals surface area contributed by atoms with Crippen molar-refractivity contribution in [2.24, 2.45) is 5.92 Å². The quantitative estimate of drug-likeness (QED) is 0.789. The second kappa shape index (κ2) is 7.29. The third kappa shape index (κ3) is 4.01. The Kier molecular flexibility index (Phi) is 5.99. The van der Waals surface area contributed by atoms with Gasteiger partial charge in [-0.05, 0) is 26.3 Å². The summed E-state index contributed by atoms with van der Waals surface area (Å²) in [5, 5.41) is 12.0. The molecule has 0 aromatic heterocycles. The molecule has 1 aliphatic rings. The number of amides is 1. The Labute approximate surface area is 104 Å². The lowest BCUT2D eigenvalue weighted by Crippen LogP contribution is -2.46. The zero-order valence-electron chi connectivity index (χ0n) is 10.9. The van der Waals surface area contributed by atoms with Crippen molar-refractivity contribution in [1.29, 1.82) is 5.26 Å². The summed E-state index contributed by atoms with van der Waals surface area (Å²) < 4.78 is 0. The van der Waals surface area contributed by atoms with Gasteiger partial charge in [0, 0.05) is 12.6 Å². The lowest BCUT2D eigenvalue weighted by molar-refractivity contribution is -0.123. The van der Waals surface area contributed by atoms with Crippen molar-refractivity contribution in [3.05, 3.63) is 0 Å². The first kappa shape index (κ1) is 14.0. The molecule has 0 saturated heterocycles. The Hall–Kier alpha value is -1.08. The van der Waals surface area contributed by atoms with Gasteiger partial charge < -0.3 is 5.32 Å². The van der Waals surface area contributed by atoms with Gasteiger partial charge in [-0.3, -0.25) is 9.69 Å². The Morgan fingerprint density at radius 1 is 1.41 bits per heavy atom. The fraction of sp³-hybridized carbons (Fsp3) is 0.846. The van der Waals surface area contributed by atoms with E-state index in [1.165, 1.54) is 6.42 Å². The van der Waals surface area contributed by atoms with Gasteiger partial charge in [0.05, 0.1) is 18.5 Å². The maximum Gasteiger partial charge on any atom is 0.234 e. The van der Waals surface area contributed by atoms with Gasteiger partial charge in [0.2, 0.25) is 5.91 Å². The number of carbonyl (C=O) groups excluding carboxylic acids is 1. The summed E-state index contributed by atoms with van der Waals surface area (Å²) in [4.78, 5) is 13.8. The molecular formula is C13H23N3O. The number of nitriles is 1. The second-order valence-electron chi connectivity index (χ2n) is 4.60. The van der Waals surface area contributed by atoms with Crippen LogP contribution in [0.2, 0.25) is 0 Å². The molecule has 1 fully saturated rings. The Balaban J connectivity index is 2.58. The van der Waals surface area contributed by atoms with Crippen LogP contribution in [0.15, 0.2) is 0 Å². The van der Waals surface area contributed by atoms with Crippen LogP contribution < -0.4 is 5.32 Å². The SMILES string of the molecule is CCNC(=O)CN(CC)C1CCCCC1C#N. The zero-order valence-corrected chi connectivity index (χ0v) is 10.9. The second-order valence-corrected chi connectivity index (χ2v) is 4.60. The summed E-state index contributed by atoms with van der Waals surface area (Å²) in [6.07, 6.45) is 4.35. The number of carbonyl (C=O) groups is 1. The van der Waals surface area contributed by atoms with Gasteiger partial charge in [-0.1, -0.05) is 19.8 Å². The minimum atomic E-state index is 0.0663. The topological polar surface area (TPSA) is 56.1 Å². The van der Waals surface area contributed by atoms with Crippen molar-refractivity contribution >= 4 is 5.91 Å². The van der Waals surface area contributed by atoms with Gasteiger partial charge >= 0.3 is 0 Å². The third-order valence-corrected chi connectivity index (χ3v) is 3.49. The maximum atomic E-state index is 11.6. The van der Waals surface area contributed by atoms with E-state index in [9.17, 15) is 4.79 Å². The smallest absolute Gasteiger partial charge is 0.234 e. The van der Waals surface area contributed by atoms with Gasteiger partial charge in [0.25, 0.3) is 0 Å². The highest BCUT2D eigenvalue weighted by Gasteiger charge is 2.30. The van der Waals surface area contributed by atoms with Crippen molar-refractivity contribution in [2.75, 3.05) is 19.6 Å². The molecule has 96 valence electrons. The van der Waals surface area contributed by atoms with Crippen molar-refractivity contribution in [1.82, 2.24) is 10.2 Å². The minimum Gasteiger partial charge on any atom is -0.355 e. The number of hydrogen-bond acceptors (Lipinski definition) is 3. The van der Waals surface area contributed by atoms with Gasteiger partial charge in [-0.15, -0.1) is 0 Å². The van der Waals surface area contributed by atoms with Crippen LogP contribution in [0, 0.1) is 17.2 Å². The Morgan fingerprint density at radius 3 is 2.71 bits per heavy atom. The normalized spacial score (nSPS) is 24.4. The van der Waals surface area contributed by atoms with Crippen molar-refractivity contribution in [3.8, 4) is 6.07 Å². The maximum absolute atomic E-state index is 11.6. The van der Waals surface area contributed by atoms with Gasteiger partial charge in [0.15, 0.2) is 0 Å². The van der Waals surface area contributed by atoms with Crippen molar-refractivity contribution in [2.45, 2.75) is 45.6 Å². The number of nitrogens with one attached hydrogen (secondary N) is 1. The van der Waals surface area contributed by atoms with Gasteiger partial charge in [0.1, 0.15) is 0 Å². The highest BCUT2D eigenvalue weighted by atomic mass is 16.2. The molecule has 2 atom stereocenters. The number of likely N-dealkylation sites (N-methyl/N-ethyl adjacent to an activating group) is 2. The van der Waals surface area contributed by atoms with Gasteiger partial charge in [-0.2, -0.15) is 5.26 Å². The van der Waals surface area contributed by atoms with Crippen LogP contribution in [-0.2, 0) is 4.79 Å². The molecule has 1 amide bonds. The largest absolute Gasteiger partial charge is 0.355 e. The molecular weight excluding hydrogens is 214 g/mol. The molecule has 0 bridgehead atoms. The predicted molar refractivity (Wildman–Crippen MR) is 67.3 cm³/mol. The monoisotopic (exact) mass is 237 g/mol. The van der Waals surface area contributed by atoms with E-state index in [-0.39, 0.29) is 17.9 Å². The van der Waals surface area contributed by atoms with Crippen LogP contribution in [0.5, 0.6) is 0 Å². The molecule has 4 nitrogen and oxygen atoms in total. The Bertz CT molecular complexity index is 285. The average molecular weight is 237 g/mol. The summed E-state index contributed by atoms with van der Waals surface area (Å²) in [5.41, 5.74) is 0. The predicted octanol–water partition coefficient (Wildman–Crippen LogP) is 1.53. The molecule has 4 heteroatoms. The standard InChI is InChI=1S/C13H23N3O/c1-3-15-13(17)10-16(4-2)12-8-6-5-7-11(12)9-14/h11-12H,3-8,10H2,1-2H3,(H,15,17). The molecule has 1 rings (SSSR count). The van der Waals surface area contributed by atoms with Gasteiger partial charge in [-0.25, -0.2) is 0 Å². The minimum absolute atomic E-state index is 0.0663. The Morgan fingerprint density at radius 2 is 2.12 bits per heavy atom. The van der Waals surface area contributed by atoms with Crippen LogP contribution in [0.1, 0.15) is 39.5 Å². The molecule has 2 unspecified atom stereocenters. The molecule has 17 heavy (non-hydrogen) atoms. The molecule has 0 spiro atoms. The summed E-state index contributed by atoms with van der Waals surface area (Å²) in [7, 11) is 0. The number of rotatable bonds is 5.